The van der Waals surface area contributed by atoms with Gasteiger partial charge in [-0.2, -0.15) is 0 Å². The quantitative estimate of drug-likeness (QED) is 0.896. The number of halogens is 2. The number of carbonyl (C=O) groups excluding carboxylic acids is 1. The SMILES string of the molecule is CC1(C)CCCNC1CNC(=O)c1c(Cl)cccc1Cl. The summed E-state index contributed by atoms with van der Waals surface area (Å²) in [5, 5.41) is 7.16. The van der Waals surface area contributed by atoms with Crippen LogP contribution < -0.4 is 10.6 Å². The molecule has 0 saturated carbocycles. The number of benzene rings is 1. The second-order valence-electron chi connectivity index (χ2n) is 5.91. The first-order valence-corrected chi connectivity index (χ1v) is 7.63. The van der Waals surface area contributed by atoms with E-state index in [0.717, 1.165) is 13.0 Å². The fourth-order valence-corrected chi connectivity index (χ4v) is 3.19. The molecule has 1 aromatic rings. The molecule has 0 aromatic heterocycles. The second kappa shape index (κ2) is 6.33. The van der Waals surface area contributed by atoms with E-state index >= 15 is 0 Å². The monoisotopic (exact) mass is 314 g/mol. The highest BCUT2D eigenvalue weighted by Gasteiger charge is 2.32. The molecule has 5 heteroatoms. The molecule has 2 N–H and O–H groups in total. The van der Waals surface area contributed by atoms with Crippen molar-refractivity contribution in [3.63, 3.8) is 0 Å². The summed E-state index contributed by atoms with van der Waals surface area (Å²) in [5.74, 6) is -0.219. The molecule has 20 heavy (non-hydrogen) atoms. The Morgan fingerprint density at radius 3 is 2.65 bits per heavy atom. The standard InChI is InChI=1S/C15H20Cl2N2O/c1-15(2)7-4-8-18-12(15)9-19-14(20)13-10(16)5-3-6-11(13)17/h3,5-6,12,18H,4,7-9H2,1-2H3,(H,19,20). The lowest BCUT2D eigenvalue weighted by atomic mass is 9.77. The van der Waals surface area contributed by atoms with Gasteiger partial charge in [0.15, 0.2) is 0 Å². The van der Waals surface area contributed by atoms with Crippen molar-refractivity contribution >= 4 is 29.1 Å². The first kappa shape index (κ1) is 15.6. The molecule has 0 aliphatic carbocycles. The molecule has 1 fully saturated rings. The Morgan fingerprint density at radius 2 is 2.05 bits per heavy atom. The molecule has 0 spiro atoms. The summed E-state index contributed by atoms with van der Waals surface area (Å²) < 4.78 is 0. The summed E-state index contributed by atoms with van der Waals surface area (Å²) in [6, 6.07) is 5.34. The van der Waals surface area contributed by atoms with Gasteiger partial charge in [0.1, 0.15) is 0 Å². The van der Waals surface area contributed by atoms with Crippen molar-refractivity contribution < 1.29 is 4.79 Å². The van der Waals surface area contributed by atoms with Gasteiger partial charge in [-0.25, -0.2) is 0 Å². The average Bonchev–Trinajstić information content (AvgIpc) is 2.36. The smallest absolute Gasteiger partial charge is 0.254 e. The lowest BCUT2D eigenvalue weighted by Crippen LogP contribution is -2.52. The Morgan fingerprint density at radius 1 is 1.40 bits per heavy atom. The van der Waals surface area contributed by atoms with Gasteiger partial charge in [0.05, 0.1) is 15.6 Å². The Bertz CT molecular complexity index is 482. The highest BCUT2D eigenvalue weighted by Crippen LogP contribution is 2.30. The van der Waals surface area contributed by atoms with Crippen molar-refractivity contribution in [2.75, 3.05) is 13.1 Å². The number of hydrogen-bond acceptors (Lipinski definition) is 2. The fourth-order valence-electron chi connectivity index (χ4n) is 2.62. The maximum atomic E-state index is 12.2. The summed E-state index contributed by atoms with van der Waals surface area (Å²) in [7, 11) is 0. The average molecular weight is 315 g/mol. The van der Waals surface area contributed by atoms with Crippen LogP contribution in [0.4, 0.5) is 0 Å². The zero-order chi connectivity index (χ0) is 14.8. The maximum absolute atomic E-state index is 12.2. The molecule has 1 atom stereocenters. The molecule has 1 amide bonds. The molecular weight excluding hydrogens is 295 g/mol. The predicted octanol–water partition coefficient (Wildman–Crippen LogP) is 3.50. The lowest BCUT2D eigenvalue weighted by molar-refractivity contribution is 0.0929. The maximum Gasteiger partial charge on any atom is 0.254 e. The number of carbonyl (C=O) groups is 1. The first-order chi connectivity index (χ1) is 9.42. The molecule has 1 aliphatic rings. The minimum Gasteiger partial charge on any atom is -0.350 e. The summed E-state index contributed by atoms with van der Waals surface area (Å²) in [5.41, 5.74) is 0.528. The predicted molar refractivity (Wildman–Crippen MR) is 83.6 cm³/mol. The van der Waals surface area contributed by atoms with Crippen LogP contribution in [0, 0.1) is 5.41 Å². The van der Waals surface area contributed by atoms with Crippen molar-refractivity contribution in [1.82, 2.24) is 10.6 Å². The number of hydrogen-bond donors (Lipinski definition) is 2. The number of nitrogens with one attached hydrogen (secondary N) is 2. The van der Waals surface area contributed by atoms with E-state index in [4.69, 9.17) is 23.2 Å². The van der Waals surface area contributed by atoms with E-state index in [0.29, 0.717) is 22.2 Å². The normalized spacial score (nSPS) is 21.5. The van der Waals surface area contributed by atoms with Gasteiger partial charge in [0.25, 0.3) is 5.91 Å². The van der Waals surface area contributed by atoms with E-state index in [9.17, 15) is 4.79 Å². The van der Waals surface area contributed by atoms with E-state index in [1.54, 1.807) is 18.2 Å². The molecule has 2 rings (SSSR count). The largest absolute Gasteiger partial charge is 0.350 e. The zero-order valence-electron chi connectivity index (χ0n) is 11.8. The second-order valence-corrected chi connectivity index (χ2v) is 6.72. The van der Waals surface area contributed by atoms with Crippen LogP contribution in [0.15, 0.2) is 18.2 Å². The van der Waals surface area contributed by atoms with Crippen molar-refractivity contribution in [2.24, 2.45) is 5.41 Å². The number of piperidine rings is 1. The third-order valence-electron chi connectivity index (χ3n) is 3.99. The molecule has 0 radical (unpaired) electrons. The van der Waals surface area contributed by atoms with Crippen LogP contribution in [0.3, 0.4) is 0 Å². The van der Waals surface area contributed by atoms with Crippen LogP contribution in [-0.2, 0) is 0 Å². The van der Waals surface area contributed by atoms with Crippen molar-refractivity contribution in [3.8, 4) is 0 Å². The van der Waals surface area contributed by atoms with Crippen LogP contribution in [-0.4, -0.2) is 25.0 Å². The van der Waals surface area contributed by atoms with Gasteiger partial charge >= 0.3 is 0 Å². The zero-order valence-corrected chi connectivity index (χ0v) is 13.3. The van der Waals surface area contributed by atoms with Crippen molar-refractivity contribution in [3.05, 3.63) is 33.8 Å². The van der Waals surface area contributed by atoms with Gasteiger partial charge in [0, 0.05) is 12.6 Å². The molecule has 0 bridgehead atoms. The molecule has 110 valence electrons. The molecule has 1 aliphatic heterocycles. The minimum atomic E-state index is -0.219. The van der Waals surface area contributed by atoms with E-state index in [1.807, 2.05) is 0 Å². The third-order valence-corrected chi connectivity index (χ3v) is 4.62. The van der Waals surface area contributed by atoms with Gasteiger partial charge in [-0.1, -0.05) is 43.1 Å². The molecule has 1 unspecified atom stereocenters. The third kappa shape index (κ3) is 3.46. The van der Waals surface area contributed by atoms with Gasteiger partial charge in [-0.05, 0) is 36.9 Å². The van der Waals surface area contributed by atoms with Crippen LogP contribution >= 0.6 is 23.2 Å². The van der Waals surface area contributed by atoms with E-state index in [1.165, 1.54) is 6.42 Å². The number of amides is 1. The van der Waals surface area contributed by atoms with Gasteiger partial charge in [-0.15, -0.1) is 0 Å². The summed E-state index contributed by atoms with van der Waals surface area (Å²) in [6.07, 6.45) is 2.33. The van der Waals surface area contributed by atoms with E-state index in [2.05, 4.69) is 24.5 Å². The minimum absolute atomic E-state index is 0.176. The Hall–Kier alpha value is -0.770. The van der Waals surface area contributed by atoms with Crippen LogP contribution in [0.5, 0.6) is 0 Å². The molecule has 1 heterocycles. The summed E-state index contributed by atoms with van der Waals surface area (Å²) in [6.45, 7) is 6.01. The van der Waals surface area contributed by atoms with E-state index in [-0.39, 0.29) is 17.4 Å². The number of rotatable bonds is 3. The van der Waals surface area contributed by atoms with Gasteiger partial charge < -0.3 is 10.6 Å². The Balaban J connectivity index is 2.02. The Labute approximate surface area is 130 Å². The first-order valence-electron chi connectivity index (χ1n) is 6.87. The van der Waals surface area contributed by atoms with Crippen LogP contribution in [0.2, 0.25) is 10.0 Å². The molecule has 3 nitrogen and oxygen atoms in total. The van der Waals surface area contributed by atoms with Crippen molar-refractivity contribution in [1.29, 1.82) is 0 Å². The van der Waals surface area contributed by atoms with Gasteiger partial charge in [0.2, 0.25) is 0 Å². The van der Waals surface area contributed by atoms with E-state index < -0.39 is 0 Å². The topological polar surface area (TPSA) is 41.1 Å². The van der Waals surface area contributed by atoms with Crippen LogP contribution in [0.25, 0.3) is 0 Å². The van der Waals surface area contributed by atoms with Crippen molar-refractivity contribution in [2.45, 2.75) is 32.7 Å². The highest BCUT2D eigenvalue weighted by molar-refractivity contribution is 6.39. The molecule has 1 aromatic carbocycles. The molecule has 1 saturated heterocycles. The highest BCUT2D eigenvalue weighted by atomic mass is 35.5. The summed E-state index contributed by atoms with van der Waals surface area (Å²) in [4.78, 5) is 12.2. The lowest BCUT2D eigenvalue weighted by Gasteiger charge is -2.39. The Kier molecular flexibility index (Phi) is 4.95. The van der Waals surface area contributed by atoms with Crippen LogP contribution in [0.1, 0.15) is 37.0 Å². The fraction of sp³-hybridized carbons (Fsp3) is 0.533. The molecular formula is C15H20Cl2N2O. The van der Waals surface area contributed by atoms with Gasteiger partial charge in [-0.3, -0.25) is 4.79 Å². The summed E-state index contributed by atoms with van der Waals surface area (Å²) >= 11 is 12.1.